The number of hydrogen-bond donors (Lipinski definition) is 3. The molecule has 1 aliphatic rings. The molecule has 1 aromatic rings. The lowest BCUT2D eigenvalue weighted by Gasteiger charge is -2.23. The van der Waals surface area contributed by atoms with Crippen molar-refractivity contribution in [2.24, 2.45) is 0 Å². The van der Waals surface area contributed by atoms with Gasteiger partial charge >= 0.3 is 0 Å². The number of rotatable bonds is 8. The SMILES string of the molecule is C=CCNc1nc(NCC=C)nc(NC2CCCCC2)n1. The third kappa shape index (κ3) is 5.06. The van der Waals surface area contributed by atoms with E-state index in [4.69, 9.17) is 0 Å². The van der Waals surface area contributed by atoms with E-state index in [0.717, 1.165) is 0 Å². The maximum absolute atomic E-state index is 4.42. The Balaban J connectivity index is 2.08. The van der Waals surface area contributed by atoms with Crippen molar-refractivity contribution in [3.8, 4) is 0 Å². The molecule has 0 saturated heterocycles. The zero-order valence-corrected chi connectivity index (χ0v) is 12.4. The number of nitrogens with zero attached hydrogens (tertiary/aromatic N) is 3. The Morgan fingerprint density at radius 3 is 1.90 bits per heavy atom. The van der Waals surface area contributed by atoms with Gasteiger partial charge in [-0.3, -0.25) is 0 Å². The van der Waals surface area contributed by atoms with Gasteiger partial charge in [0, 0.05) is 19.1 Å². The van der Waals surface area contributed by atoms with E-state index in [9.17, 15) is 0 Å². The van der Waals surface area contributed by atoms with Crippen molar-refractivity contribution < 1.29 is 0 Å². The molecule has 1 fully saturated rings. The lowest BCUT2D eigenvalue weighted by Crippen LogP contribution is -2.24. The molecule has 0 aromatic carbocycles. The summed E-state index contributed by atoms with van der Waals surface area (Å²) in [6.07, 6.45) is 9.77. The fourth-order valence-electron chi connectivity index (χ4n) is 2.36. The van der Waals surface area contributed by atoms with Crippen molar-refractivity contribution in [3.63, 3.8) is 0 Å². The zero-order chi connectivity index (χ0) is 14.9. The monoisotopic (exact) mass is 288 g/mol. The van der Waals surface area contributed by atoms with E-state index in [-0.39, 0.29) is 0 Å². The number of hydrogen-bond acceptors (Lipinski definition) is 6. The van der Waals surface area contributed by atoms with Crippen LogP contribution in [0.1, 0.15) is 32.1 Å². The first-order chi connectivity index (χ1) is 10.3. The van der Waals surface area contributed by atoms with Gasteiger partial charge in [0.2, 0.25) is 17.8 Å². The summed E-state index contributed by atoms with van der Waals surface area (Å²) in [5, 5.41) is 9.63. The van der Waals surface area contributed by atoms with Crippen LogP contribution in [0, 0.1) is 0 Å². The lowest BCUT2D eigenvalue weighted by molar-refractivity contribution is 0.461. The minimum atomic E-state index is 0.459. The van der Waals surface area contributed by atoms with E-state index < -0.39 is 0 Å². The Hall–Kier alpha value is -2.11. The third-order valence-electron chi connectivity index (χ3n) is 3.38. The van der Waals surface area contributed by atoms with Crippen LogP contribution in [-0.2, 0) is 0 Å². The summed E-state index contributed by atoms with van der Waals surface area (Å²) in [6.45, 7) is 8.61. The van der Waals surface area contributed by atoms with E-state index in [0.29, 0.717) is 37.0 Å². The summed E-state index contributed by atoms with van der Waals surface area (Å²) >= 11 is 0. The molecule has 0 amide bonds. The largest absolute Gasteiger partial charge is 0.351 e. The quantitative estimate of drug-likeness (QED) is 0.639. The van der Waals surface area contributed by atoms with E-state index >= 15 is 0 Å². The normalized spacial score (nSPS) is 15.2. The van der Waals surface area contributed by atoms with Gasteiger partial charge in [0.1, 0.15) is 0 Å². The first-order valence-corrected chi connectivity index (χ1v) is 7.54. The first kappa shape index (κ1) is 15.3. The smallest absolute Gasteiger partial charge is 0.229 e. The molecule has 0 unspecified atom stereocenters. The summed E-state index contributed by atoms with van der Waals surface area (Å²) in [6, 6.07) is 0.459. The molecule has 114 valence electrons. The third-order valence-corrected chi connectivity index (χ3v) is 3.38. The Labute approximate surface area is 126 Å². The lowest BCUT2D eigenvalue weighted by atomic mass is 9.96. The van der Waals surface area contributed by atoms with E-state index in [1.165, 1.54) is 32.1 Å². The highest BCUT2D eigenvalue weighted by Gasteiger charge is 2.15. The highest BCUT2D eigenvalue weighted by molar-refractivity contribution is 5.43. The fraction of sp³-hybridized carbons (Fsp3) is 0.533. The van der Waals surface area contributed by atoms with Crippen molar-refractivity contribution in [2.75, 3.05) is 29.0 Å². The molecule has 6 heteroatoms. The van der Waals surface area contributed by atoms with Gasteiger partial charge in [-0.1, -0.05) is 31.4 Å². The van der Waals surface area contributed by atoms with Crippen molar-refractivity contribution >= 4 is 17.8 Å². The molecule has 0 aliphatic heterocycles. The molecule has 2 rings (SSSR count). The van der Waals surface area contributed by atoms with Gasteiger partial charge < -0.3 is 16.0 Å². The molecular weight excluding hydrogens is 264 g/mol. The van der Waals surface area contributed by atoms with Gasteiger partial charge in [-0.15, -0.1) is 13.2 Å². The summed E-state index contributed by atoms with van der Waals surface area (Å²) in [7, 11) is 0. The molecule has 3 N–H and O–H groups in total. The molecule has 1 saturated carbocycles. The first-order valence-electron chi connectivity index (χ1n) is 7.54. The van der Waals surface area contributed by atoms with E-state index in [1.54, 1.807) is 12.2 Å². The predicted molar refractivity (Wildman–Crippen MR) is 87.7 cm³/mol. The van der Waals surface area contributed by atoms with Crippen molar-refractivity contribution in [1.29, 1.82) is 0 Å². The van der Waals surface area contributed by atoms with E-state index in [1.807, 2.05) is 0 Å². The standard InChI is InChI=1S/C15H24N6/c1-3-10-16-13-19-14(17-11-4-2)21-15(20-13)18-12-8-6-5-7-9-12/h3-4,12H,1-2,5-11H2,(H3,16,17,18,19,20,21). The van der Waals surface area contributed by atoms with Crippen molar-refractivity contribution in [3.05, 3.63) is 25.3 Å². The highest BCUT2D eigenvalue weighted by atomic mass is 15.3. The van der Waals surface area contributed by atoms with Crippen LogP contribution in [0.2, 0.25) is 0 Å². The van der Waals surface area contributed by atoms with Gasteiger partial charge in [0.05, 0.1) is 0 Å². The molecule has 0 radical (unpaired) electrons. The average molecular weight is 288 g/mol. The molecule has 6 nitrogen and oxygen atoms in total. The molecule has 0 spiro atoms. The average Bonchev–Trinajstić information content (AvgIpc) is 2.52. The van der Waals surface area contributed by atoms with Crippen LogP contribution in [-0.4, -0.2) is 34.1 Å². The van der Waals surface area contributed by atoms with Crippen LogP contribution in [0.4, 0.5) is 17.8 Å². The Bertz CT molecular complexity index is 437. The van der Waals surface area contributed by atoms with Gasteiger partial charge in [0.15, 0.2) is 0 Å². The number of aromatic nitrogens is 3. The molecule has 1 aromatic heterocycles. The predicted octanol–water partition coefficient (Wildman–Crippen LogP) is 2.81. The van der Waals surface area contributed by atoms with Gasteiger partial charge in [0.25, 0.3) is 0 Å². The maximum Gasteiger partial charge on any atom is 0.229 e. The van der Waals surface area contributed by atoms with Gasteiger partial charge in [-0.05, 0) is 12.8 Å². The van der Waals surface area contributed by atoms with Crippen LogP contribution < -0.4 is 16.0 Å². The summed E-state index contributed by atoms with van der Waals surface area (Å²) in [5.74, 6) is 1.72. The van der Waals surface area contributed by atoms with Gasteiger partial charge in [-0.2, -0.15) is 15.0 Å². The maximum atomic E-state index is 4.42. The second-order valence-electron chi connectivity index (χ2n) is 5.12. The molecule has 21 heavy (non-hydrogen) atoms. The van der Waals surface area contributed by atoms with Crippen LogP contribution in [0.3, 0.4) is 0 Å². The number of nitrogens with one attached hydrogen (secondary N) is 3. The second kappa shape index (κ2) is 8.24. The molecular formula is C15H24N6. The topological polar surface area (TPSA) is 74.8 Å². The molecule has 1 aliphatic carbocycles. The minimum absolute atomic E-state index is 0.459. The van der Waals surface area contributed by atoms with Gasteiger partial charge in [-0.25, -0.2) is 0 Å². The zero-order valence-electron chi connectivity index (χ0n) is 12.4. The summed E-state index contributed by atoms with van der Waals surface area (Å²) in [4.78, 5) is 13.2. The van der Waals surface area contributed by atoms with Crippen molar-refractivity contribution in [2.45, 2.75) is 38.1 Å². The highest BCUT2D eigenvalue weighted by Crippen LogP contribution is 2.21. The van der Waals surface area contributed by atoms with Crippen LogP contribution in [0.25, 0.3) is 0 Å². The number of anilines is 3. The Morgan fingerprint density at radius 1 is 0.857 bits per heavy atom. The molecule has 0 atom stereocenters. The molecule has 0 bridgehead atoms. The van der Waals surface area contributed by atoms with Crippen LogP contribution >= 0.6 is 0 Å². The van der Waals surface area contributed by atoms with Crippen LogP contribution in [0.15, 0.2) is 25.3 Å². The summed E-state index contributed by atoms with van der Waals surface area (Å²) < 4.78 is 0. The van der Waals surface area contributed by atoms with E-state index in [2.05, 4.69) is 44.1 Å². The minimum Gasteiger partial charge on any atom is -0.351 e. The molecule has 1 heterocycles. The Morgan fingerprint density at radius 2 is 1.38 bits per heavy atom. The summed E-state index contributed by atoms with van der Waals surface area (Å²) in [5.41, 5.74) is 0. The van der Waals surface area contributed by atoms with Crippen LogP contribution in [0.5, 0.6) is 0 Å². The van der Waals surface area contributed by atoms with Crippen molar-refractivity contribution in [1.82, 2.24) is 15.0 Å². The Kier molecular flexibility index (Phi) is 5.99. The fourth-order valence-corrected chi connectivity index (χ4v) is 2.36. The second-order valence-corrected chi connectivity index (χ2v) is 5.12.